The fourth-order valence-corrected chi connectivity index (χ4v) is 4.17. The highest BCUT2D eigenvalue weighted by atomic mass is 16.5. The number of unbranched alkanes of at least 4 members (excludes halogenated alkanes) is 7. The van der Waals surface area contributed by atoms with Gasteiger partial charge in [0.05, 0.1) is 6.61 Å². The van der Waals surface area contributed by atoms with Gasteiger partial charge in [-0.1, -0.05) is 124 Å². The smallest absolute Gasteiger partial charge is 0.311 e. The first-order chi connectivity index (χ1) is 19.1. The summed E-state index contributed by atoms with van der Waals surface area (Å²) < 4.78 is 11.2. The summed E-state index contributed by atoms with van der Waals surface area (Å²) in [4.78, 5) is 24.3. The molecule has 0 saturated heterocycles. The van der Waals surface area contributed by atoms with Crippen molar-refractivity contribution < 1.29 is 19.1 Å². The zero-order chi connectivity index (χ0) is 27.5. The molecule has 0 saturated carbocycles. The summed E-state index contributed by atoms with van der Waals surface area (Å²) in [5, 5.41) is 0. The van der Waals surface area contributed by atoms with Gasteiger partial charge in [0, 0.05) is 18.6 Å². The summed E-state index contributed by atoms with van der Waals surface area (Å²) in [7, 11) is 0. The molecule has 204 valence electrons. The molecule has 0 fully saturated rings. The Morgan fingerprint density at radius 1 is 0.692 bits per heavy atom. The SMILES string of the molecule is C=Cc1ccc(COCCCCCCCCCCC(=O)Oc2ccc(C=CC(=O)c3ccccc3)cc2)cc1. The number of benzene rings is 3. The molecule has 3 aromatic rings. The second kappa shape index (κ2) is 17.7. The van der Waals surface area contributed by atoms with Crippen LogP contribution in [-0.4, -0.2) is 18.4 Å². The molecule has 0 atom stereocenters. The second-order valence-electron chi connectivity index (χ2n) is 9.68. The maximum absolute atomic E-state index is 12.2. The highest BCUT2D eigenvalue weighted by Crippen LogP contribution is 2.16. The molecule has 0 N–H and O–H groups in total. The molecule has 3 aromatic carbocycles. The molecule has 4 nitrogen and oxygen atoms in total. The molecule has 0 heterocycles. The minimum Gasteiger partial charge on any atom is -0.427 e. The predicted octanol–water partition coefficient (Wildman–Crippen LogP) is 8.86. The number of ether oxygens (including phenoxy) is 2. The Morgan fingerprint density at radius 3 is 1.97 bits per heavy atom. The fourth-order valence-electron chi connectivity index (χ4n) is 4.17. The van der Waals surface area contributed by atoms with E-state index in [0.29, 0.717) is 24.3 Å². The first-order valence-electron chi connectivity index (χ1n) is 14.0. The van der Waals surface area contributed by atoms with Crippen LogP contribution < -0.4 is 4.74 Å². The minimum atomic E-state index is -0.200. The van der Waals surface area contributed by atoms with Crippen LogP contribution in [0.25, 0.3) is 12.2 Å². The molecule has 3 rings (SSSR count). The van der Waals surface area contributed by atoms with Crippen LogP contribution in [0, 0.1) is 0 Å². The number of esters is 1. The molecule has 0 radical (unpaired) electrons. The minimum absolute atomic E-state index is 0.0432. The predicted molar refractivity (Wildman–Crippen MR) is 160 cm³/mol. The lowest BCUT2D eigenvalue weighted by Gasteiger charge is -2.06. The van der Waals surface area contributed by atoms with E-state index in [9.17, 15) is 9.59 Å². The van der Waals surface area contributed by atoms with E-state index < -0.39 is 0 Å². The van der Waals surface area contributed by atoms with Gasteiger partial charge in [0.15, 0.2) is 5.78 Å². The van der Waals surface area contributed by atoms with E-state index in [1.165, 1.54) is 31.2 Å². The zero-order valence-electron chi connectivity index (χ0n) is 22.9. The lowest BCUT2D eigenvalue weighted by molar-refractivity contribution is -0.134. The van der Waals surface area contributed by atoms with Crippen LogP contribution in [0.4, 0.5) is 0 Å². The van der Waals surface area contributed by atoms with Gasteiger partial charge in [-0.15, -0.1) is 0 Å². The van der Waals surface area contributed by atoms with Crippen molar-refractivity contribution in [2.45, 2.75) is 64.4 Å². The summed E-state index contributed by atoms with van der Waals surface area (Å²) in [5.41, 5.74) is 3.86. The highest BCUT2D eigenvalue weighted by Gasteiger charge is 2.05. The Labute approximate surface area is 233 Å². The normalized spacial score (nSPS) is 11.0. The number of carbonyl (C=O) groups is 2. The number of hydrogen-bond acceptors (Lipinski definition) is 4. The van der Waals surface area contributed by atoms with E-state index in [2.05, 4.69) is 30.8 Å². The van der Waals surface area contributed by atoms with Gasteiger partial charge in [0.1, 0.15) is 5.75 Å². The number of hydrogen-bond donors (Lipinski definition) is 0. The van der Waals surface area contributed by atoms with E-state index in [1.54, 1.807) is 36.4 Å². The van der Waals surface area contributed by atoms with Crippen LogP contribution in [0.1, 0.15) is 84.8 Å². The van der Waals surface area contributed by atoms with Crippen molar-refractivity contribution in [3.8, 4) is 5.75 Å². The van der Waals surface area contributed by atoms with Crippen molar-refractivity contribution in [2.75, 3.05) is 6.61 Å². The van der Waals surface area contributed by atoms with Gasteiger partial charge < -0.3 is 9.47 Å². The summed E-state index contributed by atoms with van der Waals surface area (Å²) in [6.45, 7) is 5.24. The molecule has 0 unspecified atom stereocenters. The zero-order valence-corrected chi connectivity index (χ0v) is 22.9. The first kappa shape index (κ1) is 29.8. The van der Waals surface area contributed by atoms with E-state index in [0.717, 1.165) is 43.4 Å². The lowest BCUT2D eigenvalue weighted by atomic mass is 10.1. The van der Waals surface area contributed by atoms with Crippen LogP contribution in [0.15, 0.2) is 91.5 Å². The molecular weight excluding hydrogens is 484 g/mol. The molecule has 4 heteroatoms. The molecular formula is C35H40O4. The largest absolute Gasteiger partial charge is 0.427 e. The van der Waals surface area contributed by atoms with Gasteiger partial charge in [0.25, 0.3) is 0 Å². The van der Waals surface area contributed by atoms with Gasteiger partial charge in [-0.2, -0.15) is 0 Å². The number of rotatable bonds is 18. The van der Waals surface area contributed by atoms with Crippen molar-refractivity contribution in [2.24, 2.45) is 0 Å². The Balaban J connectivity index is 1.16. The topological polar surface area (TPSA) is 52.6 Å². The highest BCUT2D eigenvalue weighted by molar-refractivity contribution is 6.06. The Bertz CT molecular complexity index is 1160. The monoisotopic (exact) mass is 524 g/mol. The second-order valence-corrected chi connectivity index (χ2v) is 9.68. The van der Waals surface area contributed by atoms with Gasteiger partial charge in [-0.25, -0.2) is 0 Å². The average Bonchev–Trinajstić information content (AvgIpc) is 2.98. The summed E-state index contributed by atoms with van der Waals surface area (Å²) in [6.07, 6.45) is 14.6. The van der Waals surface area contributed by atoms with Gasteiger partial charge >= 0.3 is 5.97 Å². The Kier molecular flexibility index (Phi) is 13.5. The van der Waals surface area contributed by atoms with Gasteiger partial charge in [-0.05, 0) is 47.7 Å². The molecule has 0 bridgehead atoms. The molecule has 39 heavy (non-hydrogen) atoms. The van der Waals surface area contributed by atoms with Crippen LogP contribution in [0.5, 0.6) is 5.75 Å². The number of carbonyl (C=O) groups excluding carboxylic acids is 2. The fraction of sp³-hybridized carbons (Fsp3) is 0.314. The molecule has 0 aliphatic carbocycles. The van der Waals surface area contributed by atoms with Crippen molar-refractivity contribution >= 4 is 23.9 Å². The molecule has 0 amide bonds. The summed E-state index contributed by atoms with van der Waals surface area (Å²) in [5.74, 6) is 0.286. The Hall–Kier alpha value is -3.76. The van der Waals surface area contributed by atoms with Crippen LogP contribution in [-0.2, 0) is 16.1 Å². The first-order valence-corrected chi connectivity index (χ1v) is 14.0. The quantitative estimate of drug-likeness (QED) is 0.0548. The van der Waals surface area contributed by atoms with Crippen LogP contribution >= 0.6 is 0 Å². The number of ketones is 1. The van der Waals surface area contributed by atoms with Crippen molar-refractivity contribution in [1.29, 1.82) is 0 Å². The molecule has 0 aromatic heterocycles. The maximum Gasteiger partial charge on any atom is 0.311 e. The molecule has 0 aliphatic heterocycles. The van der Waals surface area contributed by atoms with Crippen LogP contribution in [0.2, 0.25) is 0 Å². The van der Waals surface area contributed by atoms with Crippen molar-refractivity contribution in [3.05, 3.63) is 114 Å². The molecule has 0 spiro atoms. The van der Waals surface area contributed by atoms with Crippen molar-refractivity contribution in [3.63, 3.8) is 0 Å². The van der Waals surface area contributed by atoms with E-state index in [4.69, 9.17) is 9.47 Å². The standard InChI is InChI=1S/C35H40O4/c1-2-29-17-19-31(20-18-29)28-38-27-13-8-6-4-3-5-7-12-16-35(37)39-33-24-21-30(22-25-33)23-26-34(36)32-14-10-9-11-15-32/h2,9-11,14-15,17-26H,1,3-8,12-13,16,27-28H2. The third kappa shape index (κ3) is 12.1. The van der Waals surface area contributed by atoms with E-state index >= 15 is 0 Å². The van der Waals surface area contributed by atoms with E-state index in [1.807, 2.05) is 36.4 Å². The number of allylic oxidation sites excluding steroid dienone is 1. The summed E-state index contributed by atoms with van der Waals surface area (Å²) >= 11 is 0. The van der Waals surface area contributed by atoms with Crippen LogP contribution in [0.3, 0.4) is 0 Å². The third-order valence-electron chi connectivity index (χ3n) is 6.50. The maximum atomic E-state index is 12.2. The molecule has 0 aliphatic rings. The third-order valence-corrected chi connectivity index (χ3v) is 6.50. The van der Waals surface area contributed by atoms with Gasteiger partial charge in [0.2, 0.25) is 0 Å². The lowest BCUT2D eigenvalue weighted by Crippen LogP contribution is -2.07. The van der Waals surface area contributed by atoms with E-state index in [-0.39, 0.29) is 11.8 Å². The van der Waals surface area contributed by atoms with Crippen molar-refractivity contribution in [1.82, 2.24) is 0 Å². The Morgan fingerprint density at radius 2 is 1.31 bits per heavy atom. The average molecular weight is 525 g/mol. The van der Waals surface area contributed by atoms with Gasteiger partial charge in [-0.3, -0.25) is 9.59 Å². The summed E-state index contributed by atoms with van der Waals surface area (Å²) in [6, 6.07) is 24.7.